The lowest BCUT2D eigenvalue weighted by Gasteiger charge is -2.40. The van der Waals surface area contributed by atoms with E-state index in [-0.39, 0.29) is 0 Å². The van der Waals surface area contributed by atoms with E-state index in [1.807, 2.05) is 6.07 Å². The van der Waals surface area contributed by atoms with Crippen LogP contribution in [0.25, 0.3) is 10.9 Å². The molecule has 2 aromatic rings. The standard InChI is InChI=1S/C16H21N3/c1-12-5-4-10-19(15(12)11-17)16-9-8-13-6-2-3-7-14(13)18-16/h2-3,6-9,12,15H,4-5,10-11,17H2,1H3. The van der Waals surface area contributed by atoms with E-state index in [1.165, 1.54) is 18.2 Å². The van der Waals surface area contributed by atoms with Crippen molar-refractivity contribution in [3.63, 3.8) is 0 Å². The maximum absolute atomic E-state index is 5.96. The fourth-order valence-electron chi connectivity index (χ4n) is 3.11. The number of para-hydroxylation sites is 1. The molecule has 1 aromatic carbocycles. The van der Waals surface area contributed by atoms with Gasteiger partial charge < -0.3 is 10.6 Å². The van der Waals surface area contributed by atoms with Crippen molar-refractivity contribution in [3.8, 4) is 0 Å². The van der Waals surface area contributed by atoms with Crippen LogP contribution in [0.15, 0.2) is 36.4 Å². The van der Waals surface area contributed by atoms with Crippen LogP contribution in [0.2, 0.25) is 0 Å². The van der Waals surface area contributed by atoms with Gasteiger partial charge in [0, 0.05) is 24.5 Å². The van der Waals surface area contributed by atoms with Crippen molar-refractivity contribution in [1.82, 2.24) is 4.98 Å². The summed E-state index contributed by atoms with van der Waals surface area (Å²) in [6, 6.07) is 13.0. The van der Waals surface area contributed by atoms with Crippen LogP contribution in [0.3, 0.4) is 0 Å². The first-order chi connectivity index (χ1) is 9.29. The molecule has 1 aliphatic rings. The molecule has 2 atom stereocenters. The molecule has 1 saturated heterocycles. The van der Waals surface area contributed by atoms with E-state index in [9.17, 15) is 0 Å². The zero-order valence-corrected chi connectivity index (χ0v) is 11.4. The van der Waals surface area contributed by atoms with Gasteiger partial charge in [0.05, 0.1) is 5.52 Å². The van der Waals surface area contributed by atoms with Crippen LogP contribution >= 0.6 is 0 Å². The van der Waals surface area contributed by atoms with Gasteiger partial charge in [-0.25, -0.2) is 4.98 Å². The number of fused-ring (bicyclic) bond motifs is 1. The first-order valence-electron chi connectivity index (χ1n) is 7.12. The van der Waals surface area contributed by atoms with Gasteiger partial charge in [-0.3, -0.25) is 0 Å². The van der Waals surface area contributed by atoms with Crippen LogP contribution in [0.5, 0.6) is 0 Å². The van der Waals surface area contributed by atoms with Gasteiger partial charge >= 0.3 is 0 Å². The Labute approximate surface area is 114 Å². The summed E-state index contributed by atoms with van der Waals surface area (Å²) in [6.45, 7) is 4.07. The molecule has 2 unspecified atom stereocenters. The van der Waals surface area contributed by atoms with Crippen molar-refractivity contribution < 1.29 is 0 Å². The molecule has 3 heteroatoms. The lowest BCUT2D eigenvalue weighted by Crippen LogP contribution is -2.49. The van der Waals surface area contributed by atoms with E-state index in [0.717, 1.165) is 17.9 Å². The normalized spacial score (nSPS) is 23.8. The molecular formula is C16H21N3. The molecule has 0 bridgehead atoms. The van der Waals surface area contributed by atoms with E-state index in [1.54, 1.807) is 0 Å². The Morgan fingerprint density at radius 2 is 2.11 bits per heavy atom. The summed E-state index contributed by atoms with van der Waals surface area (Å²) >= 11 is 0. The van der Waals surface area contributed by atoms with Gasteiger partial charge in [0.2, 0.25) is 0 Å². The summed E-state index contributed by atoms with van der Waals surface area (Å²) in [7, 11) is 0. The molecule has 0 radical (unpaired) electrons. The van der Waals surface area contributed by atoms with E-state index in [2.05, 4.69) is 42.2 Å². The number of pyridine rings is 1. The third-order valence-corrected chi connectivity index (χ3v) is 4.24. The quantitative estimate of drug-likeness (QED) is 0.897. The van der Waals surface area contributed by atoms with Gasteiger partial charge in [0.25, 0.3) is 0 Å². The molecule has 2 N–H and O–H groups in total. The largest absolute Gasteiger partial charge is 0.352 e. The molecule has 1 aromatic heterocycles. The zero-order chi connectivity index (χ0) is 13.2. The van der Waals surface area contributed by atoms with Crippen molar-refractivity contribution in [2.45, 2.75) is 25.8 Å². The van der Waals surface area contributed by atoms with Crippen LogP contribution in [0.1, 0.15) is 19.8 Å². The summed E-state index contributed by atoms with van der Waals surface area (Å²) in [5.74, 6) is 1.72. The molecule has 3 rings (SSSR count). The Bertz CT molecular complexity index is 567. The lowest BCUT2D eigenvalue weighted by atomic mass is 9.91. The molecular weight excluding hydrogens is 234 g/mol. The van der Waals surface area contributed by atoms with Gasteiger partial charge in [0.15, 0.2) is 0 Å². The van der Waals surface area contributed by atoms with E-state index in [0.29, 0.717) is 18.5 Å². The maximum Gasteiger partial charge on any atom is 0.129 e. The molecule has 1 fully saturated rings. The van der Waals surface area contributed by atoms with Crippen molar-refractivity contribution in [3.05, 3.63) is 36.4 Å². The Kier molecular flexibility index (Phi) is 3.38. The van der Waals surface area contributed by atoms with Crippen molar-refractivity contribution in [2.24, 2.45) is 11.7 Å². The average molecular weight is 255 g/mol. The van der Waals surface area contributed by atoms with Gasteiger partial charge in [-0.1, -0.05) is 25.1 Å². The van der Waals surface area contributed by atoms with Crippen molar-refractivity contribution in [2.75, 3.05) is 18.0 Å². The highest BCUT2D eigenvalue weighted by Gasteiger charge is 2.28. The Morgan fingerprint density at radius 1 is 1.26 bits per heavy atom. The second-order valence-electron chi connectivity index (χ2n) is 5.48. The Balaban J connectivity index is 1.98. The van der Waals surface area contributed by atoms with E-state index in [4.69, 9.17) is 10.7 Å². The second-order valence-corrected chi connectivity index (χ2v) is 5.48. The molecule has 0 saturated carbocycles. The Hall–Kier alpha value is -1.61. The van der Waals surface area contributed by atoms with E-state index < -0.39 is 0 Å². The SMILES string of the molecule is CC1CCCN(c2ccc3ccccc3n2)C1CN. The molecule has 100 valence electrons. The van der Waals surface area contributed by atoms with E-state index >= 15 is 0 Å². The molecule has 0 amide bonds. The third-order valence-electron chi connectivity index (χ3n) is 4.24. The van der Waals surface area contributed by atoms with Crippen LogP contribution in [-0.4, -0.2) is 24.1 Å². The summed E-state index contributed by atoms with van der Waals surface area (Å²) in [6.07, 6.45) is 2.50. The zero-order valence-electron chi connectivity index (χ0n) is 11.4. The van der Waals surface area contributed by atoms with Gasteiger partial charge in [-0.05, 0) is 37.0 Å². The van der Waals surface area contributed by atoms with Crippen molar-refractivity contribution in [1.29, 1.82) is 0 Å². The minimum atomic E-state index is 0.419. The highest BCUT2D eigenvalue weighted by Crippen LogP contribution is 2.28. The summed E-state index contributed by atoms with van der Waals surface area (Å²) < 4.78 is 0. The number of anilines is 1. The van der Waals surface area contributed by atoms with Crippen molar-refractivity contribution >= 4 is 16.7 Å². The first-order valence-corrected chi connectivity index (χ1v) is 7.12. The molecule has 2 heterocycles. The third kappa shape index (κ3) is 2.30. The van der Waals surface area contributed by atoms with Gasteiger partial charge in [0.1, 0.15) is 5.82 Å². The number of aromatic nitrogens is 1. The summed E-state index contributed by atoms with van der Waals surface area (Å²) in [4.78, 5) is 7.19. The van der Waals surface area contributed by atoms with Crippen LogP contribution in [0.4, 0.5) is 5.82 Å². The number of benzene rings is 1. The van der Waals surface area contributed by atoms with Gasteiger partial charge in [-0.2, -0.15) is 0 Å². The molecule has 0 aliphatic carbocycles. The first kappa shape index (κ1) is 12.4. The predicted molar refractivity (Wildman–Crippen MR) is 80.3 cm³/mol. The minimum Gasteiger partial charge on any atom is -0.352 e. The molecule has 19 heavy (non-hydrogen) atoms. The maximum atomic E-state index is 5.96. The number of piperidine rings is 1. The number of hydrogen-bond acceptors (Lipinski definition) is 3. The fraction of sp³-hybridized carbons (Fsp3) is 0.438. The van der Waals surface area contributed by atoms with Crippen LogP contribution in [0, 0.1) is 5.92 Å². The van der Waals surface area contributed by atoms with Crippen LogP contribution in [-0.2, 0) is 0 Å². The second kappa shape index (κ2) is 5.17. The molecule has 3 nitrogen and oxygen atoms in total. The molecule has 1 aliphatic heterocycles. The number of hydrogen-bond donors (Lipinski definition) is 1. The Morgan fingerprint density at radius 3 is 2.95 bits per heavy atom. The molecule has 0 spiro atoms. The predicted octanol–water partition coefficient (Wildman–Crippen LogP) is 2.80. The average Bonchev–Trinajstić information content (AvgIpc) is 2.46. The van der Waals surface area contributed by atoms with Crippen LogP contribution < -0.4 is 10.6 Å². The summed E-state index contributed by atoms with van der Waals surface area (Å²) in [5, 5.41) is 1.20. The summed E-state index contributed by atoms with van der Waals surface area (Å²) in [5.41, 5.74) is 7.03. The number of rotatable bonds is 2. The fourth-order valence-corrected chi connectivity index (χ4v) is 3.11. The topological polar surface area (TPSA) is 42.2 Å². The number of nitrogens with zero attached hydrogens (tertiary/aromatic N) is 2. The highest BCUT2D eigenvalue weighted by atomic mass is 15.2. The number of nitrogens with two attached hydrogens (primary N) is 1. The van der Waals surface area contributed by atoms with Gasteiger partial charge in [-0.15, -0.1) is 0 Å². The monoisotopic (exact) mass is 255 g/mol. The minimum absolute atomic E-state index is 0.419. The lowest BCUT2D eigenvalue weighted by molar-refractivity contribution is 0.348. The highest BCUT2D eigenvalue weighted by molar-refractivity contribution is 5.80. The smallest absolute Gasteiger partial charge is 0.129 e.